The number of nitrogens with zero attached hydrogens (tertiary/aromatic N) is 1. The first-order chi connectivity index (χ1) is 15.8. The average Bonchev–Trinajstić information content (AvgIpc) is 3.19. The number of carbonyl (C=O) groups is 1. The van der Waals surface area contributed by atoms with Gasteiger partial charge in [-0.25, -0.2) is 13.6 Å². The lowest BCUT2D eigenvalue weighted by atomic mass is 9.77. The van der Waals surface area contributed by atoms with Gasteiger partial charge in [0.15, 0.2) is 0 Å². The zero-order valence-electron chi connectivity index (χ0n) is 19.3. The number of carboxylic acids is 1. The lowest BCUT2D eigenvalue weighted by Gasteiger charge is -2.27. The van der Waals surface area contributed by atoms with Crippen LogP contribution in [-0.2, 0) is 6.42 Å². The van der Waals surface area contributed by atoms with Gasteiger partial charge < -0.3 is 15.0 Å². The van der Waals surface area contributed by atoms with E-state index in [0.29, 0.717) is 12.5 Å². The summed E-state index contributed by atoms with van der Waals surface area (Å²) in [6, 6.07) is 11.6. The predicted octanol–water partition coefficient (Wildman–Crippen LogP) is 6.18. The Morgan fingerprint density at radius 1 is 1.12 bits per heavy atom. The highest BCUT2D eigenvalue weighted by Crippen LogP contribution is 2.38. The van der Waals surface area contributed by atoms with Gasteiger partial charge in [0, 0.05) is 30.1 Å². The first kappa shape index (κ1) is 23.4. The van der Waals surface area contributed by atoms with E-state index in [-0.39, 0.29) is 17.9 Å². The molecule has 0 radical (unpaired) electrons. The summed E-state index contributed by atoms with van der Waals surface area (Å²) >= 11 is 0. The molecular weight excluding hydrogens is 422 g/mol. The molecule has 2 atom stereocenters. The van der Waals surface area contributed by atoms with Gasteiger partial charge in [-0.05, 0) is 98.5 Å². The minimum atomic E-state index is -2.28. The van der Waals surface area contributed by atoms with E-state index < -0.39 is 12.4 Å². The topological polar surface area (TPSA) is 56.3 Å². The number of rotatable bonds is 7. The fourth-order valence-electron chi connectivity index (χ4n) is 5.46. The van der Waals surface area contributed by atoms with Gasteiger partial charge in [-0.1, -0.05) is 18.2 Å². The highest BCUT2D eigenvalue weighted by molar-refractivity contribution is 5.88. The molecule has 0 aliphatic carbocycles. The van der Waals surface area contributed by atoms with Crippen molar-refractivity contribution in [2.75, 3.05) is 19.6 Å². The van der Waals surface area contributed by atoms with Crippen LogP contribution in [0.3, 0.4) is 0 Å². The van der Waals surface area contributed by atoms with Crippen molar-refractivity contribution in [2.45, 2.75) is 51.9 Å². The Morgan fingerprint density at radius 3 is 2.55 bits per heavy atom. The van der Waals surface area contributed by atoms with E-state index in [1.807, 2.05) is 18.3 Å². The number of hydrogen-bond acceptors (Lipinski definition) is 2. The number of aromatic carboxylic acids is 1. The molecule has 176 valence electrons. The molecular formula is C27H32F2N2O2. The summed E-state index contributed by atoms with van der Waals surface area (Å²) in [5, 5.41) is 10.5. The number of likely N-dealkylation sites (tertiary alicyclic amines) is 1. The van der Waals surface area contributed by atoms with Crippen LogP contribution in [0.1, 0.15) is 57.8 Å². The van der Waals surface area contributed by atoms with Crippen molar-refractivity contribution in [3.8, 4) is 0 Å². The van der Waals surface area contributed by atoms with Crippen molar-refractivity contribution < 1.29 is 18.7 Å². The smallest absolute Gasteiger partial charge is 0.335 e. The second-order valence-corrected chi connectivity index (χ2v) is 9.35. The van der Waals surface area contributed by atoms with Crippen molar-refractivity contribution in [3.63, 3.8) is 0 Å². The molecule has 1 aromatic heterocycles. The van der Waals surface area contributed by atoms with E-state index in [2.05, 4.69) is 35.9 Å². The lowest BCUT2D eigenvalue weighted by molar-refractivity contribution is 0.0696. The van der Waals surface area contributed by atoms with Crippen molar-refractivity contribution in [3.05, 3.63) is 70.4 Å². The third-order valence-corrected chi connectivity index (χ3v) is 7.23. The molecule has 3 aromatic rings. The summed E-state index contributed by atoms with van der Waals surface area (Å²) in [6.07, 6.45) is 2.33. The first-order valence-electron chi connectivity index (χ1n) is 11.7. The van der Waals surface area contributed by atoms with Gasteiger partial charge in [0.1, 0.15) is 0 Å². The summed E-state index contributed by atoms with van der Waals surface area (Å²) in [5.41, 5.74) is 6.44. The van der Waals surface area contributed by atoms with Gasteiger partial charge in [0.05, 0.1) is 5.56 Å². The summed E-state index contributed by atoms with van der Waals surface area (Å²) in [6.45, 7) is 6.29. The number of aromatic nitrogens is 1. The van der Waals surface area contributed by atoms with E-state index in [1.165, 1.54) is 27.6 Å². The molecule has 2 unspecified atom stereocenters. The van der Waals surface area contributed by atoms with Crippen LogP contribution >= 0.6 is 0 Å². The quantitative estimate of drug-likeness (QED) is 0.448. The average molecular weight is 455 g/mol. The molecule has 0 saturated carbocycles. The van der Waals surface area contributed by atoms with Crippen LogP contribution < -0.4 is 0 Å². The number of carboxylic acid groups (broad SMARTS) is 1. The lowest BCUT2D eigenvalue weighted by Crippen LogP contribution is -2.27. The number of H-pyrrole nitrogens is 1. The third-order valence-electron chi connectivity index (χ3n) is 7.23. The monoisotopic (exact) mass is 454 g/mol. The standard InChI is InChI=1S/C27H32F2N2O2/c1-17-15-18(2)26-23(7-11-30-26)24(17)16-21-8-12-31(14-10-25(28)29)13-9-22(21)19-3-5-20(6-4-19)27(32)33/h3-7,11,15,21-22,25,30H,8-10,12-14,16H2,1-2H3,(H,32,33). The number of halogens is 2. The molecule has 4 rings (SSSR count). The van der Waals surface area contributed by atoms with Crippen LogP contribution in [0.4, 0.5) is 8.78 Å². The molecule has 4 nitrogen and oxygen atoms in total. The predicted molar refractivity (Wildman–Crippen MR) is 127 cm³/mol. The number of aromatic amines is 1. The Labute approximate surface area is 193 Å². The Kier molecular flexibility index (Phi) is 7.13. The van der Waals surface area contributed by atoms with Crippen LogP contribution in [0.2, 0.25) is 0 Å². The van der Waals surface area contributed by atoms with Crippen molar-refractivity contribution in [1.82, 2.24) is 9.88 Å². The number of benzene rings is 2. The minimum Gasteiger partial charge on any atom is -0.478 e. The fraction of sp³-hybridized carbons (Fsp3) is 0.444. The molecule has 2 aromatic carbocycles. The highest BCUT2D eigenvalue weighted by Gasteiger charge is 2.29. The second kappa shape index (κ2) is 10.0. The maximum Gasteiger partial charge on any atom is 0.335 e. The van der Waals surface area contributed by atoms with Crippen molar-refractivity contribution in [2.24, 2.45) is 5.92 Å². The first-order valence-corrected chi connectivity index (χ1v) is 11.7. The van der Waals surface area contributed by atoms with Gasteiger partial charge in [-0.15, -0.1) is 0 Å². The summed E-state index contributed by atoms with van der Waals surface area (Å²) in [7, 11) is 0. The maximum absolute atomic E-state index is 12.8. The minimum absolute atomic E-state index is 0.0936. The van der Waals surface area contributed by atoms with Crippen LogP contribution in [-0.4, -0.2) is 47.0 Å². The van der Waals surface area contributed by atoms with E-state index >= 15 is 0 Å². The Hall–Kier alpha value is -2.73. The van der Waals surface area contributed by atoms with Crippen LogP contribution in [0.5, 0.6) is 0 Å². The third kappa shape index (κ3) is 5.27. The molecule has 2 N–H and O–H groups in total. The number of nitrogens with one attached hydrogen (secondary N) is 1. The van der Waals surface area contributed by atoms with Crippen molar-refractivity contribution in [1.29, 1.82) is 0 Å². The molecule has 0 bridgehead atoms. The molecule has 6 heteroatoms. The highest BCUT2D eigenvalue weighted by atomic mass is 19.3. The number of aryl methyl sites for hydroxylation is 2. The number of hydrogen-bond donors (Lipinski definition) is 2. The van der Waals surface area contributed by atoms with E-state index in [1.54, 1.807) is 12.1 Å². The molecule has 1 saturated heterocycles. The van der Waals surface area contributed by atoms with Gasteiger partial charge >= 0.3 is 5.97 Å². The largest absolute Gasteiger partial charge is 0.478 e. The van der Waals surface area contributed by atoms with E-state index in [0.717, 1.165) is 37.9 Å². The fourth-order valence-corrected chi connectivity index (χ4v) is 5.46. The Morgan fingerprint density at radius 2 is 1.85 bits per heavy atom. The zero-order chi connectivity index (χ0) is 23.5. The molecule has 0 spiro atoms. The van der Waals surface area contributed by atoms with Gasteiger partial charge in [-0.3, -0.25) is 0 Å². The van der Waals surface area contributed by atoms with E-state index in [4.69, 9.17) is 0 Å². The van der Waals surface area contributed by atoms with Gasteiger partial charge in [0.25, 0.3) is 0 Å². The van der Waals surface area contributed by atoms with Crippen LogP contribution in [0, 0.1) is 19.8 Å². The Balaban J connectivity index is 1.64. The van der Waals surface area contributed by atoms with Gasteiger partial charge in [0.2, 0.25) is 6.43 Å². The zero-order valence-corrected chi connectivity index (χ0v) is 19.3. The summed E-state index contributed by atoms with van der Waals surface area (Å²) in [5.74, 6) is -0.335. The number of fused-ring (bicyclic) bond motifs is 1. The molecule has 33 heavy (non-hydrogen) atoms. The van der Waals surface area contributed by atoms with E-state index in [9.17, 15) is 18.7 Å². The summed E-state index contributed by atoms with van der Waals surface area (Å²) in [4.78, 5) is 16.8. The Bertz CT molecular complexity index is 1110. The molecule has 1 aliphatic rings. The second-order valence-electron chi connectivity index (χ2n) is 9.35. The van der Waals surface area contributed by atoms with Crippen molar-refractivity contribution >= 4 is 16.9 Å². The van der Waals surface area contributed by atoms with Gasteiger partial charge in [-0.2, -0.15) is 0 Å². The van der Waals surface area contributed by atoms with Crippen LogP contribution in [0.25, 0.3) is 10.9 Å². The molecule has 1 fully saturated rings. The van der Waals surface area contributed by atoms with Crippen LogP contribution in [0.15, 0.2) is 42.6 Å². The molecule has 0 amide bonds. The summed E-state index contributed by atoms with van der Waals surface area (Å²) < 4.78 is 25.6. The molecule has 2 heterocycles. The molecule has 1 aliphatic heterocycles. The maximum atomic E-state index is 12.8. The number of alkyl halides is 2. The SMILES string of the molecule is Cc1cc(C)c2[nH]ccc2c1CC1CCN(CCC(F)F)CCC1c1ccc(C(=O)O)cc1. The normalized spacial score (nSPS) is 19.8.